The fourth-order valence-corrected chi connectivity index (χ4v) is 9.18. The van der Waals surface area contributed by atoms with Crippen molar-refractivity contribution < 1.29 is 87.9 Å². The summed E-state index contributed by atoms with van der Waals surface area (Å²) in [5, 5.41) is 70.5. The van der Waals surface area contributed by atoms with E-state index in [-0.39, 0.29) is 38.0 Å². The fourth-order valence-electron chi connectivity index (χ4n) is 9.18. The SMILES string of the molecule is CC(C)[C@H](NC(=O)[C@H](CC(N)=O)NC(=O)[C@@H](NC(=O)[C@@H]1CCCN1C(=O)[C@H](Cc1ccccc1)NC(=O)[C@@H](N)Cc1ccc(O)cc1)[C@@H](C)O)C(=O)NCC(=O)N[C@@H](CO)C(=O)N[C@@H](CCC(=O)O)C(=O)N[C@@H](C)C(=O)N[C@@H](Cc1ccccc1)C(=O)O. The van der Waals surface area contributed by atoms with Crippen molar-refractivity contribution in [3.63, 3.8) is 0 Å². The number of phenols is 1. The van der Waals surface area contributed by atoms with Crippen LogP contribution in [0.3, 0.4) is 0 Å². The van der Waals surface area contributed by atoms with Crippen LogP contribution in [0.15, 0.2) is 84.9 Å². The van der Waals surface area contributed by atoms with Crippen molar-refractivity contribution in [2.45, 2.75) is 146 Å². The second-order valence-electron chi connectivity index (χ2n) is 21.4. The van der Waals surface area contributed by atoms with Crippen molar-refractivity contribution in [3.05, 3.63) is 102 Å². The van der Waals surface area contributed by atoms with E-state index in [0.717, 1.165) is 6.92 Å². The number of amides is 11. The Bertz CT molecular complexity index is 2950. The van der Waals surface area contributed by atoms with Crippen LogP contribution in [0.5, 0.6) is 5.75 Å². The highest BCUT2D eigenvalue weighted by Crippen LogP contribution is 2.21. The summed E-state index contributed by atoms with van der Waals surface area (Å²) < 4.78 is 0. The van der Waals surface area contributed by atoms with Gasteiger partial charge in [0.05, 0.1) is 31.7 Å². The molecular weight excluding hydrogens is 1150 g/mol. The Morgan fingerprint density at radius 2 is 1.11 bits per heavy atom. The molecule has 88 heavy (non-hydrogen) atoms. The third-order valence-electron chi connectivity index (χ3n) is 14.0. The maximum absolute atomic E-state index is 14.3. The Hall–Kier alpha value is -9.55. The molecule has 0 aromatic heterocycles. The van der Waals surface area contributed by atoms with Crippen molar-refractivity contribution >= 4 is 76.9 Å². The van der Waals surface area contributed by atoms with Crippen molar-refractivity contribution in [1.82, 2.24) is 52.8 Å². The Labute approximate surface area is 506 Å². The zero-order valence-corrected chi connectivity index (χ0v) is 48.9. The van der Waals surface area contributed by atoms with Gasteiger partial charge in [-0.15, -0.1) is 0 Å². The maximum atomic E-state index is 14.3. The Balaban J connectivity index is 1.38. The number of primary amides is 1. The second kappa shape index (κ2) is 34.6. The number of hydrogen-bond donors (Lipinski definition) is 16. The number of phenolic OH excluding ortho intramolecular Hbond substituents is 1. The van der Waals surface area contributed by atoms with E-state index in [1.807, 2.05) is 0 Å². The van der Waals surface area contributed by atoms with E-state index >= 15 is 0 Å². The molecule has 0 bridgehead atoms. The van der Waals surface area contributed by atoms with Crippen LogP contribution in [0.4, 0.5) is 0 Å². The summed E-state index contributed by atoms with van der Waals surface area (Å²) in [7, 11) is 0. The number of benzene rings is 3. The molecule has 11 amide bonds. The van der Waals surface area contributed by atoms with Crippen molar-refractivity contribution in [2.24, 2.45) is 17.4 Å². The number of carbonyl (C=O) groups is 13. The number of aromatic hydroxyl groups is 1. The number of nitrogens with two attached hydrogens (primary N) is 2. The third kappa shape index (κ3) is 22.7. The van der Waals surface area contributed by atoms with Gasteiger partial charge in [0.1, 0.15) is 60.1 Å². The minimum Gasteiger partial charge on any atom is -0.508 e. The summed E-state index contributed by atoms with van der Waals surface area (Å²) in [6.07, 6.45) is -3.39. The van der Waals surface area contributed by atoms with E-state index < -0.39 is 182 Å². The number of likely N-dealkylation sites (tertiary alicyclic amines) is 1. The number of carboxylic acid groups (broad SMARTS) is 2. The van der Waals surface area contributed by atoms with E-state index in [4.69, 9.17) is 11.5 Å². The smallest absolute Gasteiger partial charge is 0.326 e. The quantitative estimate of drug-likeness (QED) is 0.0268. The normalized spacial score (nSPS) is 16.2. The first kappa shape index (κ1) is 70.9. The van der Waals surface area contributed by atoms with Gasteiger partial charge in [0.15, 0.2) is 0 Å². The van der Waals surface area contributed by atoms with Crippen LogP contribution in [-0.4, -0.2) is 194 Å². The first-order valence-electron chi connectivity index (χ1n) is 28.2. The first-order chi connectivity index (χ1) is 41.6. The Morgan fingerprint density at radius 3 is 1.66 bits per heavy atom. The standard InChI is InChI=1S/C58H78N12O18/c1-30(2)47(55(84)61-28-45(75)63-42(29-71)53(82)64-38(21-22-46(76)77)51(80)62-31(3)49(78)67-41(58(87)88)26-34-14-9-6-10-15-34)68-52(81)39(27-44(60)74)65-56(85)48(32(4)72)69-54(83)43-16-11-23-70(43)57(86)40(25-33-12-7-5-8-13-33)66-50(79)37(59)24-35-17-19-36(73)20-18-35/h5-10,12-15,17-20,30-32,37-43,47-48,71-73H,11,16,21-29,59H2,1-4H3,(H2,60,74)(H,61,84)(H,62,80)(H,63,75)(H,64,82)(H,65,85)(H,66,79)(H,67,78)(H,68,81)(H,69,83)(H,76,77)(H,87,88)/t31-,32+,37-,38-,39-,40-,41-,42-,43-,47-,48-/m0/s1. The van der Waals surface area contributed by atoms with Crippen LogP contribution in [0.1, 0.15) is 76.5 Å². The lowest BCUT2D eigenvalue weighted by Crippen LogP contribution is -2.62. The predicted molar refractivity (Wildman–Crippen MR) is 311 cm³/mol. The molecule has 1 heterocycles. The Kier molecular flexibility index (Phi) is 27.9. The molecule has 1 fully saturated rings. The van der Waals surface area contributed by atoms with Gasteiger partial charge in [0, 0.05) is 25.8 Å². The number of carbonyl (C=O) groups excluding carboxylic acids is 11. The predicted octanol–water partition coefficient (Wildman–Crippen LogP) is -4.39. The summed E-state index contributed by atoms with van der Waals surface area (Å²) in [5.41, 5.74) is 13.6. The molecule has 0 aliphatic carbocycles. The molecule has 11 atom stereocenters. The number of carboxylic acids is 2. The average Bonchev–Trinajstić information content (AvgIpc) is 2.19. The number of aliphatic hydroxyl groups excluding tert-OH is 2. The highest BCUT2D eigenvalue weighted by atomic mass is 16.4. The molecule has 0 saturated carbocycles. The van der Waals surface area contributed by atoms with Gasteiger partial charge in [-0.05, 0) is 74.3 Å². The van der Waals surface area contributed by atoms with E-state index in [9.17, 15) is 87.9 Å². The zero-order valence-electron chi connectivity index (χ0n) is 48.9. The summed E-state index contributed by atoms with van der Waals surface area (Å²) >= 11 is 0. The lowest BCUT2D eigenvalue weighted by molar-refractivity contribution is -0.143. The average molecular weight is 1230 g/mol. The zero-order chi connectivity index (χ0) is 65.4. The van der Waals surface area contributed by atoms with Crippen LogP contribution in [0, 0.1) is 5.92 Å². The van der Waals surface area contributed by atoms with Crippen molar-refractivity contribution in [2.75, 3.05) is 19.7 Å². The van der Waals surface area contributed by atoms with Gasteiger partial charge in [-0.25, -0.2) is 4.79 Å². The van der Waals surface area contributed by atoms with Gasteiger partial charge in [-0.2, -0.15) is 0 Å². The molecule has 30 nitrogen and oxygen atoms in total. The van der Waals surface area contributed by atoms with Crippen LogP contribution in [0.2, 0.25) is 0 Å². The molecule has 1 aliphatic heterocycles. The fraction of sp³-hybridized carbons (Fsp3) is 0.466. The summed E-state index contributed by atoms with van der Waals surface area (Å²) in [4.78, 5) is 173. The number of aliphatic hydroxyl groups is 2. The number of hydrogen-bond acceptors (Lipinski definition) is 17. The molecule has 1 saturated heterocycles. The number of rotatable bonds is 34. The van der Waals surface area contributed by atoms with Crippen LogP contribution >= 0.6 is 0 Å². The van der Waals surface area contributed by atoms with E-state index in [0.29, 0.717) is 23.1 Å². The van der Waals surface area contributed by atoms with E-state index in [1.165, 1.54) is 37.8 Å². The third-order valence-corrected chi connectivity index (χ3v) is 14.0. The molecule has 478 valence electrons. The summed E-state index contributed by atoms with van der Waals surface area (Å²) in [6.45, 7) is 3.36. The topological polar surface area (TPSA) is 487 Å². The monoisotopic (exact) mass is 1230 g/mol. The van der Waals surface area contributed by atoms with Crippen LogP contribution < -0.4 is 59.3 Å². The minimum absolute atomic E-state index is 0.000566. The van der Waals surface area contributed by atoms with Gasteiger partial charge in [-0.3, -0.25) is 57.5 Å². The molecule has 3 aromatic carbocycles. The van der Waals surface area contributed by atoms with Gasteiger partial charge < -0.3 is 89.8 Å². The molecule has 4 rings (SSSR count). The van der Waals surface area contributed by atoms with E-state index in [1.54, 1.807) is 72.8 Å². The molecule has 30 heteroatoms. The van der Waals surface area contributed by atoms with E-state index in [2.05, 4.69) is 47.9 Å². The van der Waals surface area contributed by atoms with Gasteiger partial charge in [0.2, 0.25) is 65.0 Å². The van der Waals surface area contributed by atoms with Gasteiger partial charge >= 0.3 is 11.9 Å². The highest BCUT2D eigenvalue weighted by molar-refractivity contribution is 6.00. The number of nitrogens with one attached hydrogen (secondary N) is 9. The number of nitrogens with zero attached hydrogens (tertiary/aromatic N) is 1. The molecule has 0 radical (unpaired) electrons. The van der Waals surface area contributed by atoms with Gasteiger partial charge in [0.25, 0.3) is 0 Å². The maximum Gasteiger partial charge on any atom is 0.326 e. The molecule has 18 N–H and O–H groups in total. The van der Waals surface area contributed by atoms with Crippen LogP contribution in [0.25, 0.3) is 0 Å². The second-order valence-corrected chi connectivity index (χ2v) is 21.4. The largest absolute Gasteiger partial charge is 0.508 e. The lowest BCUT2D eigenvalue weighted by atomic mass is 10.0. The van der Waals surface area contributed by atoms with Gasteiger partial charge in [-0.1, -0.05) is 86.6 Å². The van der Waals surface area contributed by atoms with Crippen molar-refractivity contribution in [3.8, 4) is 5.75 Å². The molecular formula is C58H78N12O18. The number of aliphatic carboxylic acids is 2. The molecule has 0 unspecified atom stereocenters. The molecule has 3 aromatic rings. The highest BCUT2D eigenvalue weighted by Gasteiger charge is 2.41. The minimum atomic E-state index is -1.84. The van der Waals surface area contributed by atoms with Crippen molar-refractivity contribution in [1.29, 1.82) is 0 Å². The Morgan fingerprint density at radius 1 is 0.580 bits per heavy atom. The molecule has 0 spiro atoms. The molecule has 1 aliphatic rings. The summed E-state index contributed by atoms with van der Waals surface area (Å²) in [6, 6.07) is 8.05. The van der Waals surface area contributed by atoms with Crippen LogP contribution in [-0.2, 0) is 81.6 Å². The lowest BCUT2D eigenvalue weighted by Gasteiger charge is -2.31. The first-order valence-corrected chi connectivity index (χ1v) is 28.2. The summed E-state index contributed by atoms with van der Waals surface area (Å²) in [5.74, 6) is -14.6.